The molecular formula is C11H18ClN3O. The molecule has 1 rings (SSSR count). The second-order valence-corrected chi connectivity index (χ2v) is 4.16. The van der Waals surface area contributed by atoms with Gasteiger partial charge in [-0.25, -0.2) is 4.98 Å². The summed E-state index contributed by atoms with van der Waals surface area (Å²) in [5.41, 5.74) is 0. The molecule has 0 fully saturated rings. The number of hydrogen-bond acceptors (Lipinski definition) is 4. The molecular weight excluding hydrogens is 226 g/mol. The van der Waals surface area contributed by atoms with E-state index in [-0.39, 0.29) is 6.61 Å². The van der Waals surface area contributed by atoms with Crippen molar-refractivity contribution in [3.8, 4) is 0 Å². The molecule has 4 nitrogen and oxygen atoms in total. The Kier molecular flexibility index (Phi) is 6.11. The van der Waals surface area contributed by atoms with Gasteiger partial charge in [-0.15, -0.1) is 0 Å². The molecule has 1 atom stereocenters. The zero-order valence-corrected chi connectivity index (χ0v) is 10.2. The van der Waals surface area contributed by atoms with E-state index in [1.54, 1.807) is 6.20 Å². The lowest BCUT2D eigenvalue weighted by Gasteiger charge is -2.15. The quantitative estimate of drug-likeness (QED) is 0.772. The second-order valence-electron chi connectivity index (χ2n) is 3.77. The van der Waals surface area contributed by atoms with Crippen LogP contribution in [0.15, 0.2) is 12.4 Å². The molecule has 0 bridgehead atoms. The third-order valence-electron chi connectivity index (χ3n) is 2.41. The summed E-state index contributed by atoms with van der Waals surface area (Å²) in [6.45, 7) is 3.17. The molecule has 0 aliphatic heterocycles. The van der Waals surface area contributed by atoms with Crippen molar-refractivity contribution in [1.82, 2.24) is 9.97 Å². The number of anilines is 1. The van der Waals surface area contributed by atoms with E-state index in [1.807, 2.05) is 0 Å². The molecule has 90 valence electrons. The highest BCUT2D eigenvalue weighted by molar-refractivity contribution is 6.29. The van der Waals surface area contributed by atoms with E-state index in [2.05, 4.69) is 22.2 Å². The van der Waals surface area contributed by atoms with Crippen LogP contribution in [-0.2, 0) is 0 Å². The first-order chi connectivity index (χ1) is 7.76. The summed E-state index contributed by atoms with van der Waals surface area (Å²) in [5, 5.41) is 12.5. The van der Waals surface area contributed by atoms with Gasteiger partial charge < -0.3 is 10.4 Å². The fourth-order valence-corrected chi connectivity index (χ4v) is 1.76. The Balaban J connectivity index is 2.41. The molecule has 0 aliphatic carbocycles. The van der Waals surface area contributed by atoms with Gasteiger partial charge in [-0.3, -0.25) is 4.98 Å². The maximum atomic E-state index is 8.93. The molecule has 0 aliphatic rings. The summed E-state index contributed by atoms with van der Waals surface area (Å²) in [5.74, 6) is 1.15. The average molecular weight is 244 g/mol. The summed E-state index contributed by atoms with van der Waals surface area (Å²) in [7, 11) is 0. The van der Waals surface area contributed by atoms with E-state index in [9.17, 15) is 0 Å². The highest BCUT2D eigenvalue weighted by Gasteiger charge is 2.07. The molecule has 0 spiro atoms. The number of rotatable bonds is 7. The van der Waals surface area contributed by atoms with Gasteiger partial charge in [0.2, 0.25) is 0 Å². The third-order valence-corrected chi connectivity index (χ3v) is 2.59. The van der Waals surface area contributed by atoms with E-state index < -0.39 is 0 Å². The van der Waals surface area contributed by atoms with E-state index in [1.165, 1.54) is 6.20 Å². The normalized spacial score (nSPS) is 12.4. The van der Waals surface area contributed by atoms with Crippen LogP contribution in [-0.4, -0.2) is 28.2 Å². The molecule has 2 N–H and O–H groups in total. The lowest BCUT2D eigenvalue weighted by Crippen LogP contribution is -2.16. The van der Waals surface area contributed by atoms with Gasteiger partial charge >= 0.3 is 0 Å². The highest BCUT2D eigenvalue weighted by atomic mass is 35.5. The van der Waals surface area contributed by atoms with Gasteiger partial charge in [0.15, 0.2) is 0 Å². The maximum absolute atomic E-state index is 8.93. The monoisotopic (exact) mass is 243 g/mol. The van der Waals surface area contributed by atoms with Crippen LogP contribution >= 0.6 is 11.6 Å². The molecule has 1 aromatic rings. The van der Waals surface area contributed by atoms with Crippen molar-refractivity contribution in [3.05, 3.63) is 17.5 Å². The Morgan fingerprint density at radius 3 is 2.88 bits per heavy atom. The summed E-state index contributed by atoms with van der Waals surface area (Å²) in [6, 6.07) is 0. The van der Waals surface area contributed by atoms with Crippen LogP contribution < -0.4 is 5.32 Å². The molecule has 5 heteroatoms. The van der Waals surface area contributed by atoms with Crippen LogP contribution in [0.25, 0.3) is 0 Å². The van der Waals surface area contributed by atoms with Crippen molar-refractivity contribution in [1.29, 1.82) is 0 Å². The average Bonchev–Trinajstić information content (AvgIpc) is 2.27. The lowest BCUT2D eigenvalue weighted by atomic mass is 10.0. The molecule has 0 radical (unpaired) electrons. The van der Waals surface area contributed by atoms with Gasteiger partial charge in [-0.1, -0.05) is 24.9 Å². The van der Waals surface area contributed by atoms with E-state index in [0.717, 1.165) is 25.8 Å². The zero-order chi connectivity index (χ0) is 11.8. The van der Waals surface area contributed by atoms with Gasteiger partial charge in [0.25, 0.3) is 0 Å². The van der Waals surface area contributed by atoms with Crippen LogP contribution in [0, 0.1) is 5.92 Å². The minimum atomic E-state index is 0.230. The topological polar surface area (TPSA) is 58.0 Å². The smallest absolute Gasteiger partial charge is 0.149 e. The number of halogens is 1. The molecule has 1 unspecified atom stereocenters. The predicted octanol–water partition coefficient (Wildman–Crippen LogP) is 2.34. The Hall–Kier alpha value is -0.870. The van der Waals surface area contributed by atoms with Crippen LogP contribution in [0.5, 0.6) is 0 Å². The summed E-state index contributed by atoms with van der Waals surface area (Å²) < 4.78 is 0. The molecule has 0 saturated heterocycles. The first-order valence-corrected chi connectivity index (χ1v) is 5.96. The molecule has 0 saturated carbocycles. The first kappa shape index (κ1) is 13.2. The van der Waals surface area contributed by atoms with E-state index in [0.29, 0.717) is 16.9 Å². The minimum absolute atomic E-state index is 0.230. The predicted molar refractivity (Wildman–Crippen MR) is 65.6 cm³/mol. The molecule has 0 aromatic carbocycles. The zero-order valence-electron chi connectivity index (χ0n) is 9.49. The fraction of sp³-hybridized carbons (Fsp3) is 0.636. The van der Waals surface area contributed by atoms with E-state index >= 15 is 0 Å². The third kappa shape index (κ3) is 4.77. The van der Waals surface area contributed by atoms with Crippen molar-refractivity contribution in [3.63, 3.8) is 0 Å². The van der Waals surface area contributed by atoms with E-state index in [4.69, 9.17) is 16.7 Å². The molecule has 1 heterocycles. The number of nitrogens with one attached hydrogen (secondary N) is 1. The number of aromatic nitrogens is 2. The van der Waals surface area contributed by atoms with Crippen LogP contribution in [0.2, 0.25) is 5.15 Å². The molecule has 16 heavy (non-hydrogen) atoms. The molecule has 0 amide bonds. The SMILES string of the molecule is CCCC(CCO)CNc1cncc(Cl)n1. The summed E-state index contributed by atoms with van der Waals surface area (Å²) in [6.07, 6.45) is 6.18. The van der Waals surface area contributed by atoms with Gasteiger partial charge in [-0.2, -0.15) is 0 Å². The largest absolute Gasteiger partial charge is 0.396 e. The molecule has 1 aromatic heterocycles. The lowest BCUT2D eigenvalue weighted by molar-refractivity contribution is 0.255. The first-order valence-electron chi connectivity index (χ1n) is 5.58. The Morgan fingerprint density at radius 1 is 1.44 bits per heavy atom. The Labute approximate surface area is 101 Å². The number of nitrogens with zero attached hydrogens (tertiary/aromatic N) is 2. The fourth-order valence-electron chi connectivity index (χ4n) is 1.62. The number of aliphatic hydroxyl groups is 1. The van der Waals surface area contributed by atoms with Crippen molar-refractivity contribution in [2.75, 3.05) is 18.5 Å². The van der Waals surface area contributed by atoms with Gasteiger partial charge in [0, 0.05) is 13.2 Å². The van der Waals surface area contributed by atoms with Gasteiger partial charge in [0.05, 0.1) is 12.4 Å². The van der Waals surface area contributed by atoms with Crippen molar-refractivity contribution < 1.29 is 5.11 Å². The summed E-state index contributed by atoms with van der Waals surface area (Å²) in [4.78, 5) is 8.04. The Morgan fingerprint density at radius 2 is 2.25 bits per heavy atom. The van der Waals surface area contributed by atoms with Gasteiger partial charge in [0.1, 0.15) is 11.0 Å². The van der Waals surface area contributed by atoms with Crippen molar-refractivity contribution in [2.24, 2.45) is 5.92 Å². The Bertz CT molecular complexity index is 303. The van der Waals surface area contributed by atoms with Crippen molar-refractivity contribution >= 4 is 17.4 Å². The van der Waals surface area contributed by atoms with Crippen LogP contribution in [0.1, 0.15) is 26.2 Å². The van der Waals surface area contributed by atoms with Crippen LogP contribution in [0.3, 0.4) is 0 Å². The number of aliphatic hydroxyl groups excluding tert-OH is 1. The van der Waals surface area contributed by atoms with Crippen LogP contribution in [0.4, 0.5) is 5.82 Å². The van der Waals surface area contributed by atoms with Gasteiger partial charge in [-0.05, 0) is 18.8 Å². The number of hydrogen-bond donors (Lipinski definition) is 2. The second kappa shape index (κ2) is 7.41. The van der Waals surface area contributed by atoms with Crippen molar-refractivity contribution in [2.45, 2.75) is 26.2 Å². The maximum Gasteiger partial charge on any atom is 0.149 e. The standard InChI is InChI=1S/C11H18ClN3O/c1-2-3-9(4-5-16)6-14-11-8-13-7-10(12)15-11/h7-9,16H,2-6H2,1H3,(H,14,15). The summed E-state index contributed by atoms with van der Waals surface area (Å²) >= 11 is 5.73. The minimum Gasteiger partial charge on any atom is -0.396 e. The highest BCUT2D eigenvalue weighted by Crippen LogP contribution is 2.13.